The van der Waals surface area contributed by atoms with Crippen LogP contribution < -0.4 is 20.5 Å². The van der Waals surface area contributed by atoms with Gasteiger partial charge in [0, 0.05) is 23.7 Å². The lowest BCUT2D eigenvalue weighted by Gasteiger charge is -2.20. The van der Waals surface area contributed by atoms with Gasteiger partial charge in [-0.15, -0.1) is 0 Å². The summed E-state index contributed by atoms with van der Waals surface area (Å²) in [4.78, 5) is 11.7. The van der Waals surface area contributed by atoms with E-state index < -0.39 is 5.54 Å². The minimum absolute atomic E-state index is 0.112. The predicted octanol–water partition coefficient (Wildman–Crippen LogP) is 1.52. The number of hydrogen-bond acceptors (Lipinski definition) is 4. The third kappa shape index (κ3) is 3.37. The van der Waals surface area contributed by atoms with Crippen molar-refractivity contribution in [2.45, 2.75) is 25.8 Å². The first-order valence-corrected chi connectivity index (χ1v) is 5.92. The molecule has 0 saturated carbocycles. The van der Waals surface area contributed by atoms with Gasteiger partial charge in [0.2, 0.25) is 5.91 Å². The Morgan fingerprint density at radius 3 is 2.67 bits per heavy atom. The molecule has 0 bridgehead atoms. The minimum Gasteiger partial charge on any atom is -0.486 e. The second kappa shape index (κ2) is 4.86. The minimum atomic E-state index is -0.516. The lowest BCUT2D eigenvalue weighted by Crippen LogP contribution is -2.36. The Hall–Kier alpha value is -1.75. The fourth-order valence-electron chi connectivity index (χ4n) is 1.74. The second-order valence-corrected chi connectivity index (χ2v) is 5.07. The average molecular weight is 250 g/mol. The maximum absolute atomic E-state index is 11.7. The number of fused-ring (bicyclic) bond motifs is 1. The molecule has 1 amide bonds. The molecule has 1 aliphatic heterocycles. The van der Waals surface area contributed by atoms with Gasteiger partial charge in [-0.3, -0.25) is 4.79 Å². The van der Waals surface area contributed by atoms with E-state index in [1.54, 1.807) is 18.2 Å². The van der Waals surface area contributed by atoms with Crippen LogP contribution in [0.2, 0.25) is 0 Å². The fraction of sp³-hybridized carbons (Fsp3) is 0.462. The van der Waals surface area contributed by atoms with Gasteiger partial charge in [-0.05, 0) is 26.0 Å². The molecule has 1 aliphatic rings. The van der Waals surface area contributed by atoms with Crippen LogP contribution >= 0.6 is 0 Å². The quantitative estimate of drug-likeness (QED) is 0.853. The third-order valence-electron chi connectivity index (χ3n) is 2.44. The molecule has 0 aromatic heterocycles. The number of nitrogens with two attached hydrogens (primary N) is 1. The van der Waals surface area contributed by atoms with Crippen molar-refractivity contribution >= 4 is 11.6 Å². The van der Waals surface area contributed by atoms with E-state index in [0.717, 1.165) is 0 Å². The highest BCUT2D eigenvalue weighted by Gasteiger charge is 2.17. The Kier molecular flexibility index (Phi) is 3.43. The fourth-order valence-corrected chi connectivity index (χ4v) is 1.74. The first-order valence-electron chi connectivity index (χ1n) is 5.92. The van der Waals surface area contributed by atoms with E-state index in [1.165, 1.54) is 0 Å². The Morgan fingerprint density at radius 1 is 1.33 bits per heavy atom. The van der Waals surface area contributed by atoms with Crippen LogP contribution in [0.1, 0.15) is 20.3 Å². The molecule has 0 unspecified atom stereocenters. The number of amides is 1. The summed E-state index contributed by atoms with van der Waals surface area (Å²) in [5.41, 5.74) is 5.97. The Labute approximate surface area is 106 Å². The number of hydrogen-bond donors (Lipinski definition) is 2. The molecule has 0 atom stereocenters. The van der Waals surface area contributed by atoms with Crippen LogP contribution in [-0.4, -0.2) is 24.7 Å². The number of carbonyl (C=O) groups is 1. The normalized spacial score (nSPS) is 14.2. The largest absolute Gasteiger partial charge is 0.486 e. The molecule has 2 rings (SSSR count). The lowest BCUT2D eigenvalue weighted by atomic mass is 10.0. The van der Waals surface area contributed by atoms with E-state index in [9.17, 15) is 4.79 Å². The Morgan fingerprint density at radius 2 is 2.00 bits per heavy atom. The van der Waals surface area contributed by atoms with Crippen molar-refractivity contribution in [2.24, 2.45) is 5.73 Å². The number of carbonyl (C=O) groups excluding carboxylic acids is 1. The average Bonchev–Trinajstić information content (AvgIpc) is 2.26. The molecule has 5 heteroatoms. The summed E-state index contributed by atoms with van der Waals surface area (Å²) in [6.45, 7) is 4.72. The van der Waals surface area contributed by atoms with E-state index in [2.05, 4.69) is 5.32 Å². The number of nitrogens with one attached hydrogen (secondary N) is 1. The second-order valence-electron chi connectivity index (χ2n) is 5.07. The maximum Gasteiger partial charge on any atom is 0.226 e. The van der Waals surface area contributed by atoms with E-state index in [4.69, 9.17) is 15.2 Å². The molecule has 1 heterocycles. The molecule has 18 heavy (non-hydrogen) atoms. The van der Waals surface area contributed by atoms with Crippen molar-refractivity contribution in [1.29, 1.82) is 0 Å². The topological polar surface area (TPSA) is 73.6 Å². The van der Waals surface area contributed by atoms with Crippen LogP contribution in [0.25, 0.3) is 0 Å². The van der Waals surface area contributed by atoms with E-state index in [0.29, 0.717) is 30.4 Å². The Balaban J connectivity index is 2.04. The van der Waals surface area contributed by atoms with Gasteiger partial charge in [-0.25, -0.2) is 0 Å². The first kappa shape index (κ1) is 12.7. The van der Waals surface area contributed by atoms with Gasteiger partial charge in [0.15, 0.2) is 11.5 Å². The van der Waals surface area contributed by atoms with Crippen LogP contribution in [-0.2, 0) is 4.79 Å². The lowest BCUT2D eigenvalue weighted by molar-refractivity contribution is -0.117. The summed E-state index contributed by atoms with van der Waals surface area (Å²) in [7, 11) is 0. The SMILES string of the molecule is CC(C)(N)CC(=O)Nc1ccc2c(c1)OCCO2. The van der Waals surface area contributed by atoms with Gasteiger partial charge in [-0.2, -0.15) is 0 Å². The molecule has 0 saturated heterocycles. The van der Waals surface area contributed by atoms with E-state index >= 15 is 0 Å². The molecule has 5 nitrogen and oxygen atoms in total. The molecule has 0 fully saturated rings. The molecule has 0 radical (unpaired) electrons. The monoisotopic (exact) mass is 250 g/mol. The maximum atomic E-state index is 11.7. The zero-order chi connectivity index (χ0) is 13.2. The van der Waals surface area contributed by atoms with Gasteiger partial charge < -0.3 is 20.5 Å². The molecule has 0 spiro atoms. The summed E-state index contributed by atoms with van der Waals surface area (Å²) in [6, 6.07) is 5.34. The molecular formula is C13H18N2O3. The predicted molar refractivity (Wildman–Crippen MR) is 68.9 cm³/mol. The van der Waals surface area contributed by atoms with Crippen molar-refractivity contribution in [3.05, 3.63) is 18.2 Å². The number of rotatable bonds is 3. The van der Waals surface area contributed by atoms with Crippen molar-refractivity contribution in [3.8, 4) is 11.5 Å². The van der Waals surface area contributed by atoms with Crippen molar-refractivity contribution in [2.75, 3.05) is 18.5 Å². The third-order valence-corrected chi connectivity index (χ3v) is 2.44. The van der Waals surface area contributed by atoms with Gasteiger partial charge in [-0.1, -0.05) is 0 Å². The molecule has 0 aliphatic carbocycles. The molecule has 1 aromatic rings. The zero-order valence-electron chi connectivity index (χ0n) is 10.7. The van der Waals surface area contributed by atoms with Gasteiger partial charge >= 0.3 is 0 Å². The number of anilines is 1. The zero-order valence-corrected chi connectivity index (χ0v) is 10.7. The Bertz CT molecular complexity index is 452. The molecule has 3 N–H and O–H groups in total. The standard InChI is InChI=1S/C13H18N2O3/c1-13(2,14)8-12(16)15-9-3-4-10-11(7-9)18-6-5-17-10/h3-4,7H,5-6,8,14H2,1-2H3,(H,15,16). The highest BCUT2D eigenvalue weighted by molar-refractivity contribution is 5.91. The summed E-state index contributed by atoms with van der Waals surface area (Å²) < 4.78 is 10.9. The summed E-state index contributed by atoms with van der Waals surface area (Å²) in [6.07, 6.45) is 0.265. The van der Waals surface area contributed by atoms with Crippen LogP contribution in [0.5, 0.6) is 11.5 Å². The van der Waals surface area contributed by atoms with Crippen LogP contribution in [0.15, 0.2) is 18.2 Å². The van der Waals surface area contributed by atoms with Crippen molar-refractivity contribution < 1.29 is 14.3 Å². The van der Waals surface area contributed by atoms with Crippen molar-refractivity contribution in [1.82, 2.24) is 0 Å². The van der Waals surface area contributed by atoms with Crippen LogP contribution in [0.3, 0.4) is 0 Å². The highest BCUT2D eigenvalue weighted by Crippen LogP contribution is 2.32. The smallest absolute Gasteiger partial charge is 0.226 e. The van der Waals surface area contributed by atoms with Crippen LogP contribution in [0, 0.1) is 0 Å². The summed E-state index contributed by atoms with van der Waals surface area (Å²) >= 11 is 0. The van der Waals surface area contributed by atoms with Gasteiger partial charge in [0.25, 0.3) is 0 Å². The van der Waals surface area contributed by atoms with Crippen LogP contribution in [0.4, 0.5) is 5.69 Å². The van der Waals surface area contributed by atoms with Crippen molar-refractivity contribution in [3.63, 3.8) is 0 Å². The van der Waals surface area contributed by atoms with Gasteiger partial charge in [0.05, 0.1) is 0 Å². The van der Waals surface area contributed by atoms with E-state index in [-0.39, 0.29) is 12.3 Å². The summed E-state index contributed by atoms with van der Waals surface area (Å²) in [5, 5.41) is 2.79. The first-order chi connectivity index (χ1) is 8.44. The summed E-state index contributed by atoms with van der Waals surface area (Å²) in [5.74, 6) is 1.25. The molecule has 98 valence electrons. The number of benzene rings is 1. The molecule has 1 aromatic carbocycles. The molecular weight excluding hydrogens is 232 g/mol. The van der Waals surface area contributed by atoms with Gasteiger partial charge in [0.1, 0.15) is 13.2 Å². The number of ether oxygens (including phenoxy) is 2. The highest BCUT2D eigenvalue weighted by atomic mass is 16.6. The van der Waals surface area contributed by atoms with E-state index in [1.807, 2.05) is 13.8 Å².